The molecule has 3 aliphatic rings. The van der Waals surface area contributed by atoms with Crippen molar-refractivity contribution in [3.05, 3.63) is 24.3 Å². The zero-order valence-electron chi connectivity index (χ0n) is 17.2. The first-order valence-corrected chi connectivity index (χ1v) is 10.6. The van der Waals surface area contributed by atoms with E-state index in [1.165, 1.54) is 0 Å². The van der Waals surface area contributed by atoms with E-state index in [2.05, 4.69) is 25.0 Å². The van der Waals surface area contributed by atoms with Crippen molar-refractivity contribution >= 4 is 47.8 Å². The number of oxazole rings is 1. The van der Waals surface area contributed by atoms with Crippen molar-refractivity contribution in [3.63, 3.8) is 0 Å². The molecule has 166 valence electrons. The highest BCUT2D eigenvalue weighted by molar-refractivity contribution is 5.85. The molecule has 5 rings (SSSR count). The van der Waals surface area contributed by atoms with Gasteiger partial charge in [0.25, 0.3) is 6.01 Å². The van der Waals surface area contributed by atoms with Gasteiger partial charge >= 0.3 is 0 Å². The Morgan fingerprint density at radius 2 is 1.73 bits per heavy atom. The maximum atomic E-state index is 13.1. The van der Waals surface area contributed by atoms with E-state index in [0.29, 0.717) is 18.0 Å². The number of carbonyl (C=O) groups excluding carboxylic acids is 1. The number of nitrogens with one attached hydrogen (secondary N) is 1. The summed E-state index contributed by atoms with van der Waals surface area (Å²) in [5.41, 5.74) is 1.72. The van der Waals surface area contributed by atoms with Crippen molar-refractivity contribution in [1.29, 1.82) is 0 Å². The third-order valence-electron chi connectivity index (χ3n) is 6.54. The zero-order valence-corrected chi connectivity index (χ0v) is 18.8. The fourth-order valence-electron chi connectivity index (χ4n) is 4.86. The fourth-order valence-corrected chi connectivity index (χ4v) is 4.86. The molecule has 3 saturated heterocycles. The smallest absolute Gasteiger partial charge is 0.298 e. The second kappa shape index (κ2) is 10.2. The van der Waals surface area contributed by atoms with Crippen LogP contribution in [0.15, 0.2) is 28.7 Å². The molecule has 1 atom stereocenters. The maximum Gasteiger partial charge on any atom is 0.298 e. The van der Waals surface area contributed by atoms with Crippen molar-refractivity contribution < 1.29 is 9.21 Å². The molecule has 3 aliphatic heterocycles. The number of piperazine rings is 1. The first kappa shape index (κ1) is 23.1. The van der Waals surface area contributed by atoms with Gasteiger partial charge in [-0.15, -0.1) is 24.8 Å². The second-order valence-electron chi connectivity index (χ2n) is 8.24. The van der Waals surface area contributed by atoms with Crippen LogP contribution in [0, 0.1) is 5.92 Å². The SMILES string of the molecule is Cl.Cl.O=C(C1CCN(c2nc3ccccc3o2)CC1)N1CCC(N2CCNCC2)C1. The summed E-state index contributed by atoms with van der Waals surface area (Å²) in [6.45, 7) is 7.84. The molecule has 0 aliphatic carbocycles. The summed E-state index contributed by atoms with van der Waals surface area (Å²) in [7, 11) is 0. The van der Waals surface area contributed by atoms with Crippen LogP contribution in [-0.4, -0.2) is 79.1 Å². The molecule has 1 unspecified atom stereocenters. The first-order valence-electron chi connectivity index (χ1n) is 10.6. The summed E-state index contributed by atoms with van der Waals surface area (Å²) in [6.07, 6.45) is 2.88. The van der Waals surface area contributed by atoms with Crippen LogP contribution < -0.4 is 10.2 Å². The summed E-state index contributed by atoms with van der Waals surface area (Å²) in [4.78, 5) is 24.5. The molecule has 4 heterocycles. The molecule has 3 fully saturated rings. The average Bonchev–Trinajstić information content (AvgIpc) is 3.41. The number of nitrogens with zero attached hydrogens (tertiary/aromatic N) is 4. The first-order chi connectivity index (χ1) is 13.8. The Labute approximate surface area is 190 Å². The minimum absolute atomic E-state index is 0. The topological polar surface area (TPSA) is 64.9 Å². The Balaban J connectivity index is 0.00000128. The summed E-state index contributed by atoms with van der Waals surface area (Å²) in [5.74, 6) is 0.497. The standard InChI is InChI=1S/C21H29N5O2.2ClH/c27-20(26-12-7-17(15-26)24-13-8-22-9-14-24)16-5-10-25(11-6-16)21-23-18-3-1-2-4-19(18)28-21;;/h1-4,16-17,22H,5-15H2;2*1H. The summed E-state index contributed by atoms with van der Waals surface area (Å²) < 4.78 is 5.89. The monoisotopic (exact) mass is 455 g/mol. The van der Waals surface area contributed by atoms with Crippen LogP contribution in [0.25, 0.3) is 11.1 Å². The molecule has 2 aromatic rings. The summed E-state index contributed by atoms with van der Waals surface area (Å²) in [6, 6.07) is 9.10. The minimum atomic E-state index is 0. The highest BCUT2D eigenvalue weighted by Crippen LogP contribution is 2.28. The number of hydrogen-bond acceptors (Lipinski definition) is 6. The minimum Gasteiger partial charge on any atom is -0.423 e. The van der Waals surface area contributed by atoms with Crippen molar-refractivity contribution in [2.75, 3.05) is 57.3 Å². The normalized spacial score (nSPS) is 23.3. The number of carbonyl (C=O) groups is 1. The van der Waals surface area contributed by atoms with Gasteiger partial charge in [0, 0.05) is 64.3 Å². The average molecular weight is 456 g/mol. The van der Waals surface area contributed by atoms with Crippen molar-refractivity contribution in [2.45, 2.75) is 25.3 Å². The van der Waals surface area contributed by atoms with Crippen LogP contribution in [0.3, 0.4) is 0 Å². The zero-order chi connectivity index (χ0) is 18.9. The Kier molecular flexibility index (Phi) is 7.85. The van der Waals surface area contributed by atoms with Gasteiger partial charge in [0.2, 0.25) is 5.91 Å². The van der Waals surface area contributed by atoms with Gasteiger partial charge in [0.15, 0.2) is 5.58 Å². The number of fused-ring (bicyclic) bond motifs is 1. The number of halogens is 2. The van der Waals surface area contributed by atoms with Crippen molar-refractivity contribution in [3.8, 4) is 0 Å². The summed E-state index contributed by atoms with van der Waals surface area (Å²) >= 11 is 0. The van der Waals surface area contributed by atoms with Gasteiger partial charge in [0.05, 0.1) is 0 Å². The highest BCUT2D eigenvalue weighted by Gasteiger charge is 2.35. The lowest BCUT2D eigenvalue weighted by Gasteiger charge is -2.34. The number of amides is 1. The van der Waals surface area contributed by atoms with Gasteiger partial charge < -0.3 is 19.5 Å². The van der Waals surface area contributed by atoms with E-state index in [9.17, 15) is 4.79 Å². The lowest BCUT2D eigenvalue weighted by molar-refractivity contribution is -0.135. The van der Waals surface area contributed by atoms with Crippen LogP contribution in [0.5, 0.6) is 0 Å². The number of rotatable bonds is 3. The molecule has 1 N–H and O–H groups in total. The molecule has 30 heavy (non-hydrogen) atoms. The summed E-state index contributed by atoms with van der Waals surface area (Å²) in [5, 5.41) is 3.41. The Bertz CT molecular complexity index is 801. The van der Waals surface area contributed by atoms with Gasteiger partial charge in [-0.05, 0) is 31.4 Å². The van der Waals surface area contributed by atoms with E-state index < -0.39 is 0 Å². The molecule has 9 heteroatoms. The van der Waals surface area contributed by atoms with Crippen molar-refractivity contribution in [1.82, 2.24) is 20.1 Å². The highest BCUT2D eigenvalue weighted by atomic mass is 35.5. The van der Waals surface area contributed by atoms with E-state index in [1.807, 2.05) is 24.3 Å². The number of para-hydroxylation sites is 2. The molecule has 0 spiro atoms. The largest absolute Gasteiger partial charge is 0.423 e. The number of anilines is 1. The number of aromatic nitrogens is 1. The van der Waals surface area contributed by atoms with Crippen LogP contribution in [-0.2, 0) is 4.79 Å². The molecular weight excluding hydrogens is 425 g/mol. The van der Waals surface area contributed by atoms with Gasteiger partial charge in [-0.2, -0.15) is 4.98 Å². The number of piperidine rings is 1. The van der Waals surface area contributed by atoms with E-state index in [-0.39, 0.29) is 30.7 Å². The third kappa shape index (κ3) is 4.69. The molecule has 0 radical (unpaired) electrons. The maximum absolute atomic E-state index is 13.1. The van der Waals surface area contributed by atoms with E-state index in [1.54, 1.807) is 0 Å². The van der Waals surface area contributed by atoms with E-state index in [0.717, 1.165) is 82.7 Å². The number of benzene rings is 1. The van der Waals surface area contributed by atoms with Crippen LogP contribution in [0.1, 0.15) is 19.3 Å². The van der Waals surface area contributed by atoms with Gasteiger partial charge in [0.1, 0.15) is 5.52 Å². The number of hydrogen-bond donors (Lipinski definition) is 1. The van der Waals surface area contributed by atoms with Crippen molar-refractivity contribution in [2.24, 2.45) is 5.92 Å². The molecule has 1 aromatic carbocycles. The van der Waals surface area contributed by atoms with Crippen LogP contribution in [0.4, 0.5) is 6.01 Å². The molecule has 0 bridgehead atoms. The van der Waals surface area contributed by atoms with Crippen LogP contribution >= 0.6 is 24.8 Å². The molecule has 1 amide bonds. The Hall–Kier alpha value is -1.54. The van der Waals surface area contributed by atoms with E-state index >= 15 is 0 Å². The Morgan fingerprint density at radius 3 is 2.47 bits per heavy atom. The van der Waals surface area contributed by atoms with Gasteiger partial charge in [-0.25, -0.2) is 0 Å². The lowest BCUT2D eigenvalue weighted by Crippen LogP contribution is -2.50. The molecule has 7 nitrogen and oxygen atoms in total. The fraction of sp³-hybridized carbons (Fsp3) is 0.619. The predicted octanol–water partition coefficient (Wildman–Crippen LogP) is 2.39. The predicted molar refractivity (Wildman–Crippen MR) is 123 cm³/mol. The van der Waals surface area contributed by atoms with Crippen LogP contribution in [0.2, 0.25) is 0 Å². The second-order valence-corrected chi connectivity index (χ2v) is 8.24. The quantitative estimate of drug-likeness (QED) is 0.766. The van der Waals surface area contributed by atoms with Gasteiger partial charge in [-0.3, -0.25) is 9.69 Å². The van der Waals surface area contributed by atoms with E-state index in [4.69, 9.17) is 4.42 Å². The Morgan fingerprint density at radius 1 is 1.00 bits per heavy atom. The number of likely N-dealkylation sites (tertiary alicyclic amines) is 1. The lowest BCUT2D eigenvalue weighted by atomic mass is 9.95. The third-order valence-corrected chi connectivity index (χ3v) is 6.54. The van der Waals surface area contributed by atoms with Gasteiger partial charge in [-0.1, -0.05) is 12.1 Å². The molecule has 0 saturated carbocycles. The molecule has 1 aromatic heterocycles. The molecular formula is C21H31Cl2N5O2.